The number of aliphatic hydroxyl groups is 5. The van der Waals surface area contributed by atoms with E-state index in [9.17, 15) is 44.7 Å². The summed E-state index contributed by atoms with van der Waals surface area (Å²) in [5.41, 5.74) is 6.22. The first-order valence-electron chi connectivity index (χ1n) is 18.8. The summed E-state index contributed by atoms with van der Waals surface area (Å²) in [6.45, 7) is 6.76. The van der Waals surface area contributed by atoms with Crippen LogP contribution in [0.25, 0.3) is 0 Å². The summed E-state index contributed by atoms with van der Waals surface area (Å²) in [5, 5.41) is 56.5. The fourth-order valence-electron chi connectivity index (χ4n) is 6.80. The van der Waals surface area contributed by atoms with Gasteiger partial charge in [0.1, 0.15) is 30.5 Å². The van der Waals surface area contributed by atoms with Gasteiger partial charge in [0.25, 0.3) is 5.91 Å². The molecular formula is C39H59N3O14. The minimum Gasteiger partial charge on any atom is -0.439 e. The molecule has 1 fully saturated rings. The van der Waals surface area contributed by atoms with Crippen molar-refractivity contribution < 1.29 is 68.4 Å². The molecule has 56 heavy (non-hydrogen) atoms. The topological polar surface area (TPSA) is 266 Å². The Morgan fingerprint density at radius 2 is 1.71 bits per heavy atom. The van der Waals surface area contributed by atoms with Gasteiger partial charge in [0.15, 0.2) is 12.4 Å². The van der Waals surface area contributed by atoms with Gasteiger partial charge in [-0.05, 0) is 57.4 Å². The molecule has 314 valence electrons. The molecule has 3 aliphatic rings. The van der Waals surface area contributed by atoms with E-state index in [1.165, 1.54) is 33.3 Å². The third-order valence-electron chi connectivity index (χ3n) is 10.0. The van der Waals surface area contributed by atoms with Crippen LogP contribution in [0.3, 0.4) is 0 Å². The minimum atomic E-state index is -1.54. The maximum Gasteiger partial charge on any atom is 0.405 e. The van der Waals surface area contributed by atoms with Gasteiger partial charge in [-0.2, -0.15) is 0 Å². The Labute approximate surface area is 327 Å². The van der Waals surface area contributed by atoms with E-state index in [4.69, 9.17) is 29.4 Å². The standard InChI is InChI=1S/C39H59N3O14/c1-20-15-24-30(41-13-8-7-9-14-54-38-35(49)34(48)33(47)29(19-43)55-38)26(44)18-25(32(24)46)42-37(50)21(2)11-10-12-27(52-5)36(56-39(40)51)23(4)17-22(3)31(45)28(16-20)53-6/h10-12,17-18,20,22,27-29,31,33-36,38,41,43,45,47-49H,7-9,13-16,19H2,1-6H3,(H2,40,51)(H,42,50)/b12-10-,21-11+,23-17+/t20-,22?,27?,28+,29+,31-,33+,34+,35+,36+,38-/m1/s1. The average Bonchev–Trinajstić information content (AvgIpc) is 3.16. The van der Waals surface area contributed by atoms with Crippen LogP contribution in [0.1, 0.15) is 59.8 Å². The Balaban J connectivity index is 1.81. The maximum absolute atomic E-state index is 13.9. The van der Waals surface area contributed by atoms with Crippen molar-refractivity contribution in [2.75, 3.05) is 34.0 Å². The van der Waals surface area contributed by atoms with Crippen molar-refractivity contribution in [1.29, 1.82) is 0 Å². The number of unbranched alkanes of at least 4 members (excludes halogenated alkanes) is 2. The normalized spacial score (nSPS) is 35.1. The second-order valence-corrected chi connectivity index (χ2v) is 14.5. The number of Topliss-reactive ketones (excluding diaryl/α,β-unsaturated/α-hetero) is 1. The molecule has 17 nitrogen and oxygen atoms in total. The van der Waals surface area contributed by atoms with Crippen molar-refractivity contribution in [2.45, 2.75) is 115 Å². The first kappa shape index (κ1) is 46.6. The number of carbonyl (C=O) groups excluding carboxylic acids is 4. The Kier molecular flexibility index (Phi) is 18.5. The fourth-order valence-corrected chi connectivity index (χ4v) is 6.80. The number of ether oxygens (including phenoxy) is 5. The second-order valence-electron chi connectivity index (χ2n) is 14.5. The Morgan fingerprint density at radius 3 is 2.36 bits per heavy atom. The number of carbonyl (C=O) groups is 4. The third-order valence-corrected chi connectivity index (χ3v) is 10.0. The van der Waals surface area contributed by atoms with Crippen molar-refractivity contribution in [3.63, 3.8) is 0 Å². The summed E-state index contributed by atoms with van der Waals surface area (Å²) >= 11 is 0. The lowest BCUT2D eigenvalue weighted by Gasteiger charge is -2.39. The average molecular weight is 794 g/mol. The summed E-state index contributed by atoms with van der Waals surface area (Å²) in [7, 11) is 2.88. The lowest BCUT2D eigenvalue weighted by Crippen LogP contribution is -2.59. The summed E-state index contributed by atoms with van der Waals surface area (Å²) in [6.07, 6.45) is -1.90. The number of aliphatic hydroxyl groups excluding tert-OH is 5. The van der Waals surface area contributed by atoms with E-state index in [2.05, 4.69) is 10.6 Å². The molecule has 2 heterocycles. The largest absolute Gasteiger partial charge is 0.439 e. The Bertz CT molecular complexity index is 1540. The third kappa shape index (κ3) is 12.6. The number of rotatable bonds is 12. The number of fused-ring (bicyclic) bond motifs is 2. The Morgan fingerprint density at radius 1 is 1.00 bits per heavy atom. The van der Waals surface area contributed by atoms with Crippen LogP contribution in [-0.2, 0) is 38.1 Å². The van der Waals surface area contributed by atoms with Crippen molar-refractivity contribution in [2.24, 2.45) is 17.6 Å². The van der Waals surface area contributed by atoms with E-state index in [-0.39, 0.29) is 41.5 Å². The van der Waals surface area contributed by atoms with Gasteiger partial charge in [0, 0.05) is 50.5 Å². The molecule has 0 aromatic heterocycles. The number of allylic oxidation sites excluding steroid dienone is 4. The predicted molar refractivity (Wildman–Crippen MR) is 201 cm³/mol. The molecule has 2 aliphatic heterocycles. The first-order chi connectivity index (χ1) is 26.5. The number of ketones is 2. The predicted octanol–water partition coefficient (Wildman–Crippen LogP) is 0.338. The molecule has 3 rings (SSSR count). The molecule has 0 aromatic rings. The zero-order valence-electron chi connectivity index (χ0n) is 32.9. The van der Waals surface area contributed by atoms with Gasteiger partial charge >= 0.3 is 6.09 Å². The van der Waals surface area contributed by atoms with E-state index >= 15 is 0 Å². The van der Waals surface area contributed by atoms with Gasteiger partial charge in [-0.15, -0.1) is 0 Å². The smallest absolute Gasteiger partial charge is 0.405 e. The van der Waals surface area contributed by atoms with Crippen LogP contribution in [0.2, 0.25) is 0 Å². The summed E-state index contributed by atoms with van der Waals surface area (Å²) in [6, 6.07) is 0. The highest BCUT2D eigenvalue weighted by atomic mass is 16.7. The van der Waals surface area contributed by atoms with Gasteiger partial charge in [-0.1, -0.05) is 38.2 Å². The number of primary amides is 1. The van der Waals surface area contributed by atoms with Crippen molar-refractivity contribution in [3.8, 4) is 0 Å². The van der Waals surface area contributed by atoms with E-state index in [0.717, 1.165) is 6.08 Å². The zero-order chi connectivity index (χ0) is 41.7. The molecule has 0 saturated carbocycles. The van der Waals surface area contributed by atoms with Crippen LogP contribution in [0, 0.1) is 11.8 Å². The molecule has 0 spiro atoms. The molecule has 2 bridgehead atoms. The second kappa shape index (κ2) is 22.2. The Hall–Kier alpha value is -3.78. The van der Waals surface area contributed by atoms with Crippen LogP contribution in [0.15, 0.2) is 58.5 Å². The summed E-state index contributed by atoms with van der Waals surface area (Å²) in [4.78, 5) is 52.5. The number of nitrogens with two attached hydrogens (primary N) is 1. The highest BCUT2D eigenvalue weighted by molar-refractivity contribution is 6.23. The molecule has 9 N–H and O–H groups in total. The van der Waals surface area contributed by atoms with Crippen molar-refractivity contribution in [1.82, 2.24) is 10.6 Å². The molecular weight excluding hydrogens is 734 g/mol. The van der Waals surface area contributed by atoms with Crippen LogP contribution < -0.4 is 16.4 Å². The van der Waals surface area contributed by atoms with Gasteiger partial charge < -0.3 is 65.6 Å². The van der Waals surface area contributed by atoms with Crippen molar-refractivity contribution in [3.05, 3.63) is 58.5 Å². The lowest BCUT2D eigenvalue weighted by atomic mass is 9.85. The molecule has 2 unspecified atom stereocenters. The number of nitrogens with one attached hydrogen (secondary N) is 2. The quantitative estimate of drug-likeness (QED) is 0.0753. The SMILES string of the molecule is COC1/C=C\C=C(/C)C(=O)NC2=CC(=O)C(NCCCCCO[C@@H]3O[C@@H](CO)[C@H](O)[C@H](O)[C@@H]3O)=C(C[C@@H](C)C[C@H](OC)[C@H](O)C(C)/C=C(\C)[C@@H]1OC(N)=O)C2=O. The molecule has 2 amide bonds. The van der Waals surface area contributed by atoms with Gasteiger partial charge in [-0.3, -0.25) is 14.4 Å². The van der Waals surface area contributed by atoms with E-state index in [0.29, 0.717) is 37.8 Å². The zero-order valence-corrected chi connectivity index (χ0v) is 32.9. The minimum absolute atomic E-state index is 0.103. The summed E-state index contributed by atoms with van der Waals surface area (Å²) in [5.74, 6) is -2.44. The number of hydrogen-bond donors (Lipinski definition) is 8. The molecule has 0 aromatic carbocycles. The van der Waals surface area contributed by atoms with Crippen LogP contribution in [0.4, 0.5) is 4.79 Å². The first-order valence-corrected chi connectivity index (χ1v) is 18.8. The van der Waals surface area contributed by atoms with Gasteiger partial charge in [0.2, 0.25) is 11.6 Å². The molecule has 17 heteroatoms. The van der Waals surface area contributed by atoms with Crippen LogP contribution in [-0.4, -0.2) is 138 Å². The maximum atomic E-state index is 13.9. The molecule has 11 atom stereocenters. The highest BCUT2D eigenvalue weighted by Crippen LogP contribution is 2.29. The van der Waals surface area contributed by atoms with Crippen LogP contribution in [0.5, 0.6) is 0 Å². The molecule has 0 radical (unpaired) electrons. The number of hydrogen-bond acceptors (Lipinski definition) is 15. The molecule has 1 aliphatic carbocycles. The summed E-state index contributed by atoms with van der Waals surface area (Å²) < 4.78 is 27.6. The van der Waals surface area contributed by atoms with E-state index < -0.39 is 91.2 Å². The van der Waals surface area contributed by atoms with Crippen molar-refractivity contribution >= 4 is 23.6 Å². The number of amides is 2. The van der Waals surface area contributed by atoms with E-state index in [1.54, 1.807) is 26.0 Å². The fraction of sp³-hybridized carbons (Fsp3) is 0.641. The van der Waals surface area contributed by atoms with Crippen LogP contribution >= 0.6 is 0 Å². The lowest BCUT2D eigenvalue weighted by molar-refractivity contribution is -0.301. The van der Waals surface area contributed by atoms with E-state index in [1.807, 2.05) is 6.92 Å². The highest BCUT2D eigenvalue weighted by Gasteiger charge is 2.44. The van der Waals surface area contributed by atoms with Gasteiger partial charge in [-0.25, -0.2) is 4.79 Å². The number of methoxy groups -OCH3 is 2. The monoisotopic (exact) mass is 793 g/mol. The van der Waals surface area contributed by atoms with Gasteiger partial charge in [0.05, 0.1) is 30.2 Å². The molecule has 1 saturated heterocycles.